The molecular formula is C28H25N5O3. The van der Waals surface area contributed by atoms with Gasteiger partial charge in [0, 0.05) is 43.8 Å². The molecule has 6 rings (SSSR count). The second-order valence-corrected chi connectivity index (χ2v) is 8.79. The molecule has 0 unspecified atom stereocenters. The van der Waals surface area contributed by atoms with Gasteiger partial charge in [-0.05, 0) is 59.0 Å². The zero-order chi connectivity index (χ0) is 24.3. The van der Waals surface area contributed by atoms with Crippen molar-refractivity contribution in [3.63, 3.8) is 0 Å². The zero-order valence-corrected chi connectivity index (χ0v) is 19.7. The van der Waals surface area contributed by atoms with Crippen LogP contribution in [0.5, 0.6) is 11.6 Å². The summed E-state index contributed by atoms with van der Waals surface area (Å²) in [5.41, 5.74) is 5.75. The number of ether oxygens (including phenoxy) is 2. The van der Waals surface area contributed by atoms with Gasteiger partial charge in [-0.2, -0.15) is 4.98 Å². The lowest BCUT2D eigenvalue weighted by molar-refractivity contribution is 0.0945. The number of carbonyl (C=O) groups excluding carboxylic acids is 1. The first kappa shape index (κ1) is 22.0. The van der Waals surface area contributed by atoms with Gasteiger partial charge in [0.25, 0.3) is 5.91 Å². The smallest absolute Gasteiger partial charge is 0.258 e. The van der Waals surface area contributed by atoms with E-state index in [-0.39, 0.29) is 18.4 Å². The molecule has 180 valence electrons. The van der Waals surface area contributed by atoms with E-state index in [4.69, 9.17) is 14.5 Å². The monoisotopic (exact) mass is 479 g/mol. The fourth-order valence-corrected chi connectivity index (χ4v) is 4.56. The highest BCUT2D eigenvalue weighted by atomic mass is 16.5. The number of aromatic nitrogens is 3. The first-order valence-electron chi connectivity index (χ1n) is 12.0. The minimum Gasteiger partial charge on any atom is -0.493 e. The predicted octanol–water partition coefficient (Wildman–Crippen LogP) is 4.01. The molecule has 0 atom stereocenters. The number of hydrogen-bond donors (Lipinski definition) is 1. The number of nitrogens with zero attached hydrogens (tertiary/aromatic N) is 4. The number of carbonyl (C=O) groups is 1. The van der Waals surface area contributed by atoms with Gasteiger partial charge in [-0.25, -0.2) is 4.98 Å². The van der Waals surface area contributed by atoms with Gasteiger partial charge in [0.1, 0.15) is 17.9 Å². The third kappa shape index (κ3) is 4.45. The van der Waals surface area contributed by atoms with Crippen LogP contribution in [0.15, 0.2) is 73.2 Å². The zero-order valence-electron chi connectivity index (χ0n) is 19.7. The lowest BCUT2D eigenvalue weighted by Gasteiger charge is -2.19. The molecule has 0 saturated heterocycles. The van der Waals surface area contributed by atoms with Crippen LogP contribution in [-0.2, 0) is 26.0 Å². The van der Waals surface area contributed by atoms with Gasteiger partial charge in [-0.1, -0.05) is 24.3 Å². The summed E-state index contributed by atoms with van der Waals surface area (Å²) >= 11 is 0. The molecule has 4 heterocycles. The molecule has 0 spiro atoms. The van der Waals surface area contributed by atoms with E-state index in [0.29, 0.717) is 24.7 Å². The number of amides is 1. The average Bonchev–Trinajstić information content (AvgIpc) is 3.58. The summed E-state index contributed by atoms with van der Waals surface area (Å²) in [5.74, 6) is 1.40. The summed E-state index contributed by atoms with van der Waals surface area (Å²) in [7, 11) is 0. The van der Waals surface area contributed by atoms with Crippen molar-refractivity contribution in [2.75, 3.05) is 18.1 Å². The molecule has 8 heteroatoms. The Morgan fingerprint density at radius 3 is 2.83 bits per heavy atom. The SMILES string of the molecule is O=C(NCc1ccncc1)c1cnc(N2CCc3ccccc32)nc1OCc1ccc2c(c1)CCO2. The van der Waals surface area contributed by atoms with Gasteiger partial charge in [0.2, 0.25) is 11.8 Å². The summed E-state index contributed by atoms with van der Waals surface area (Å²) in [4.78, 5) is 28.5. The van der Waals surface area contributed by atoms with Gasteiger partial charge in [0.05, 0.1) is 6.61 Å². The Kier molecular flexibility index (Phi) is 5.91. The third-order valence-electron chi connectivity index (χ3n) is 6.45. The van der Waals surface area contributed by atoms with Crippen molar-refractivity contribution in [2.45, 2.75) is 26.0 Å². The quantitative estimate of drug-likeness (QED) is 0.428. The Balaban J connectivity index is 1.27. The summed E-state index contributed by atoms with van der Waals surface area (Å²) in [6.07, 6.45) is 6.75. The number of hydrogen-bond acceptors (Lipinski definition) is 7. The molecule has 8 nitrogen and oxygen atoms in total. The molecule has 4 aromatic rings. The molecule has 0 fully saturated rings. The number of nitrogens with one attached hydrogen (secondary N) is 1. The van der Waals surface area contributed by atoms with E-state index < -0.39 is 0 Å². The van der Waals surface area contributed by atoms with Crippen molar-refractivity contribution in [2.24, 2.45) is 0 Å². The van der Waals surface area contributed by atoms with Crippen LogP contribution in [0.25, 0.3) is 0 Å². The Morgan fingerprint density at radius 1 is 1.03 bits per heavy atom. The van der Waals surface area contributed by atoms with Gasteiger partial charge in [-0.15, -0.1) is 0 Å². The predicted molar refractivity (Wildman–Crippen MR) is 135 cm³/mol. The third-order valence-corrected chi connectivity index (χ3v) is 6.45. The van der Waals surface area contributed by atoms with Crippen molar-refractivity contribution in [3.8, 4) is 11.6 Å². The molecule has 0 radical (unpaired) electrons. The largest absolute Gasteiger partial charge is 0.493 e. The van der Waals surface area contributed by atoms with E-state index in [9.17, 15) is 4.79 Å². The van der Waals surface area contributed by atoms with E-state index in [0.717, 1.165) is 42.0 Å². The van der Waals surface area contributed by atoms with Crippen LogP contribution in [0, 0.1) is 0 Å². The van der Waals surface area contributed by atoms with Crippen LogP contribution in [0.3, 0.4) is 0 Å². The Morgan fingerprint density at radius 2 is 1.92 bits per heavy atom. The lowest BCUT2D eigenvalue weighted by atomic mass is 10.1. The van der Waals surface area contributed by atoms with Crippen LogP contribution in [0.2, 0.25) is 0 Å². The van der Waals surface area contributed by atoms with E-state index in [1.807, 2.05) is 36.4 Å². The fraction of sp³-hybridized carbons (Fsp3) is 0.214. The average molecular weight is 480 g/mol. The lowest BCUT2D eigenvalue weighted by Crippen LogP contribution is -2.25. The highest BCUT2D eigenvalue weighted by Crippen LogP contribution is 2.33. The van der Waals surface area contributed by atoms with E-state index in [2.05, 4.69) is 38.4 Å². The summed E-state index contributed by atoms with van der Waals surface area (Å²) in [5, 5.41) is 2.94. The Bertz CT molecular complexity index is 1410. The number of para-hydroxylation sites is 1. The van der Waals surface area contributed by atoms with Crippen LogP contribution in [0.4, 0.5) is 11.6 Å². The molecule has 2 aliphatic rings. The van der Waals surface area contributed by atoms with Crippen molar-refractivity contribution in [3.05, 3.63) is 101 Å². The van der Waals surface area contributed by atoms with Crippen molar-refractivity contribution < 1.29 is 14.3 Å². The maximum absolute atomic E-state index is 13.1. The van der Waals surface area contributed by atoms with Gasteiger partial charge in [0.15, 0.2) is 0 Å². The summed E-state index contributed by atoms with van der Waals surface area (Å²) in [6, 6.07) is 18.0. The fourth-order valence-electron chi connectivity index (χ4n) is 4.56. The molecule has 0 saturated carbocycles. The first-order chi connectivity index (χ1) is 17.7. The molecular weight excluding hydrogens is 454 g/mol. The van der Waals surface area contributed by atoms with Crippen LogP contribution in [0.1, 0.15) is 32.6 Å². The van der Waals surface area contributed by atoms with E-state index >= 15 is 0 Å². The van der Waals surface area contributed by atoms with E-state index in [1.54, 1.807) is 18.6 Å². The molecule has 0 bridgehead atoms. The summed E-state index contributed by atoms with van der Waals surface area (Å²) < 4.78 is 11.8. The minimum absolute atomic E-state index is 0.258. The van der Waals surface area contributed by atoms with Crippen LogP contribution < -0.4 is 19.7 Å². The number of benzene rings is 2. The second-order valence-electron chi connectivity index (χ2n) is 8.79. The second kappa shape index (κ2) is 9.65. The van der Waals surface area contributed by atoms with Crippen molar-refractivity contribution in [1.82, 2.24) is 20.3 Å². The number of fused-ring (bicyclic) bond motifs is 2. The number of pyridine rings is 1. The molecule has 1 N–H and O–H groups in total. The maximum Gasteiger partial charge on any atom is 0.258 e. The topological polar surface area (TPSA) is 89.5 Å². The molecule has 2 aliphatic heterocycles. The molecule has 1 amide bonds. The van der Waals surface area contributed by atoms with Crippen molar-refractivity contribution in [1.29, 1.82) is 0 Å². The molecule has 2 aromatic carbocycles. The summed E-state index contributed by atoms with van der Waals surface area (Å²) in [6.45, 7) is 2.13. The molecule has 36 heavy (non-hydrogen) atoms. The highest BCUT2D eigenvalue weighted by Gasteiger charge is 2.25. The van der Waals surface area contributed by atoms with Crippen LogP contribution in [-0.4, -0.2) is 34.0 Å². The highest BCUT2D eigenvalue weighted by molar-refractivity contribution is 5.96. The Hall–Kier alpha value is -4.46. The number of anilines is 2. The molecule has 0 aliphatic carbocycles. The van der Waals surface area contributed by atoms with Gasteiger partial charge in [-0.3, -0.25) is 9.78 Å². The minimum atomic E-state index is -0.294. The van der Waals surface area contributed by atoms with Crippen LogP contribution >= 0.6 is 0 Å². The normalized spacial score (nSPS) is 13.6. The van der Waals surface area contributed by atoms with Gasteiger partial charge >= 0.3 is 0 Å². The molecule has 2 aromatic heterocycles. The van der Waals surface area contributed by atoms with Gasteiger partial charge < -0.3 is 19.7 Å². The maximum atomic E-state index is 13.1. The van der Waals surface area contributed by atoms with Crippen molar-refractivity contribution >= 4 is 17.5 Å². The Labute approximate surface area is 209 Å². The number of rotatable bonds is 7. The standard InChI is InChI=1S/C28H25N5O3/c34-26(30-16-19-7-11-29-12-8-19)23-17-31-28(33-13-9-21-3-1-2-4-24(21)33)32-27(23)36-18-20-5-6-25-22(15-20)10-14-35-25/h1-8,11-12,15,17H,9-10,13-14,16,18H2,(H,30,34). The van der Waals surface area contributed by atoms with E-state index in [1.165, 1.54) is 11.1 Å². The first-order valence-corrected chi connectivity index (χ1v) is 12.0.